The molecule has 2 aromatic rings. The highest BCUT2D eigenvalue weighted by Gasteiger charge is 2.43. The van der Waals surface area contributed by atoms with Crippen LogP contribution in [0.1, 0.15) is 27.0 Å². The molecule has 0 saturated carbocycles. The second kappa shape index (κ2) is 7.61. The first-order valence-corrected chi connectivity index (χ1v) is 8.26. The van der Waals surface area contributed by atoms with Gasteiger partial charge in [-0.1, -0.05) is 15.9 Å². The van der Waals surface area contributed by atoms with Crippen LogP contribution < -0.4 is 4.74 Å². The van der Waals surface area contributed by atoms with Gasteiger partial charge in [-0.2, -0.15) is 0 Å². The predicted octanol–water partition coefficient (Wildman–Crippen LogP) is 3.38. The van der Waals surface area contributed by atoms with Crippen LogP contribution in [0.2, 0.25) is 0 Å². The highest BCUT2D eigenvalue weighted by Crippen LogP contribution is 2.29. The van der Waals surface area contributed by atoms with Gasteiger partial charge in [0.15, 0.2) is 0 Å². The first kappa shape index (κ1) is 18.2. The molecule has 1 unspecified atom stereocenters. The van der Waals surface area contributed by atoms with Gasteiger partial charge in [-0.25, -0.2) is 4.98 Å². The largest absolute Gasteiger partial charge is 0.465 e. The monoisotopic (exact) mass is 394 g/mol. The van der Waals surface area contributed by atoms with E-state index in [1.165, 1.54) is 24.7 Å². The molecule has 24 heavy (non-hydrogen) atoms. The van der Waals surface area contributed by atoms with Gasteiger partial charge in [0.1, 0.15) is 11.2 Å². The molecule has 0 spiro atoms. The van der Waals surface area contributed by atoms with Crippen molar-refractivity contribution in [3.63, 3.8) is 0 Å². The third kappa shape index (κ3) is 4.03. The minimum Gasteiger partial charge on any atom is -0.465 e. The highest BCUT2D eigenvalue weighted by atomic mass is 79.9. The highest BCUT2D eigenvalue weighted by molar-refractivity contribution is 9.10. The summed E-state index contributed by atoms with van der Waals surface area (Å²) in [5.74, 6) is -0.494. The van der Waals surface area contributed by atoms with Crippen LogP contribution in [-0.4, -0.2) is 27.9 Å². The van der Waals surface area contributed by atoms with Crippen LogP contribution >= 0.6 is 15.9 Å². The summed E-state index contributed by atoms with van der Waals surface area (Å²) in [6.07, 6.45) is 3.61. The van der Waals surface area contributed by atoms with Crippen LogP contribution in [0.4, 0.5) is 0 Å². The van der Waals surface area contributed by atoms with Gasteiger partial charge in [0, 0.05) is 16.9 Å². The first-order valence-electron chi connectivity index (χ1n) is 7.47. The van der Waals surface area contributed by atoms with E-state index in [-0.39, 0.29) is 6.61 Å². The summed E-state index contributed by atoms with van der Waals surface area (Å²) in [6, 6.07) is 7.08. The average Bonchev–Trinajstić information content (AvgIpc) is 3.08. The molecule has 0 radical (unpaired) electrons. The summed E-state index contributed by atoms with van der Waals surface area (Å²) in [4.78, 5) is 29.1. The van der Waals surface area contributed by atoms with E-state index in [4.69, 9.17) is 9.47 Å². The van der Waals surface area contributed by atoms with Gasteiger partial charge in [0.25, 0.3) is 0 Å². The first-order chi connectivity index (χ1) is 11.4. The van der Waals surface area contributed by atoms with Gasteiger partial charge in [-0.15, -0.1) is 0 Å². The number of ether oxygens (including phenoxy) is 2. The van der Waals surface area contributed by atoms with Gasteiger partial charge >= 0.3 is 5.97 Å². The Morgan fingerprint density at radius 1 is 1.29 bits per heavy atom. The fourth-order valence-electron chi connectivity index (χ4n) is 2.02. The van der Waals surface area contributed by atoms with Crippen LogP contribution in [0.5, 0.6) is 5.75 Å². The molecule has 2 rings (SSSR count). The minimum atomic E-state index is -1.35. The van der Waals surface area contributed by atoms with Crippen molar-refractivity contribution in [2.75, 3.05) is 6.61 Å². The van der Waals surface area contributed by atoms with Gasteiger partial charge in [0.2, 0.25) is 12.0 Å². The molecule has 0 aliphatic carbocycles. The summed E-state index contributed by atoms with van der Waals surface area (Å²) >= 11 is 3.35. The Balaban J connectivity index is 2.31. The van der Waals surface area contributed by atoms with E-state index in [9.17, 15) is 9.59 Å². The summed E-state index contributed by atoms with van der Waals surface area (Å²) < 4.78 is 13.3. The van der Waals surface area contributed by atoms with E-state index in [0.717, 1.165) is 4.47 Å². The van der Waals surface area contributed by atoms with E-state index in [1.54, 1.807) is 43.6 Å². The molecule has 1 aromatic heterocycles. The molecule has 7 heteroatoms. The standard InChI is InChI=1S/C17H19BrN2O4/c1-4-23-16(22)17(2,3)14(21)15(20-10-9-19-11-20)24-13-7-5-12(18)6-8-13/h5-11,15H,4H2,1-3H3. The quantitative estimate of drug-likeness (QED) is 0.531. The third-order valence-corrected chi connectivity index (χ3v) is 4.01. The van der Waals surface area contributed by atoms with Crippen LogP contribution in [0.15, 0.2) is 47.5 Å². The molecule has 6 nitrogen and oxygen atoms in total. The summed E-state index contributed by atoms with van der Waals surface area (Å²) in [5.41, 5.74) is -1.35. The molecule has 1 atom stereocenters. The summed E-state index contributed by atoms with van der Waals surface area (Å²) in [6.45, 7) is 4.97. The van der Waals surface area contributed by atoms with Gasteiger partial charge in [-0.3, -0.25) is 14.2 Å². The van der Waals surface area contributed by atoms with Crippen molar-refractivity contribution in [1.29, 1.82) is 0 Å². The van der Waals surface area contributed by atoms with Crippen molar-refractivity contribution in [2.24, 2.45) is 5.41 Å². The molecule has 0 amide bonds. The molecule has 1 aromatic carbocycles. The summed E-state index contributed by atoms with van der Waals surface area (Å²) in [5, 5.41) is 0. The lowest BCUT2D eigenvalue weighted by atomic mass is 9.87. The van der Waals surface area contributed by atoms with Crippen LogP contribution in [-0.2, 0) is 14.3 Å². The normalized spacial score (nSPS) is 12.5. The lowest BCUT2D eigenvalue weighted by molar-refractivity contribution is -0.161. The second-order valence-corrected chi connectivity index (χ2v) is 6.56. The molecule has 0 saturated heterocycles. The average molecular weight is 395 g/mol. The van der Waals surface area contributed by atoms with E-state index >= 15 is 0 Å². The Labute approximate surface area is 148 Å². The van der Waals surface area contributed by atoms with Gasteiger partial charge < -0.3 is 9.47 Å². The molecule has 0 aliphatic heterocycles. The van der Waals surface area contributed by atoms with Crippen LogP contribution in [0.3, 0.4) is 0 Å². The zero-order valence-electron chi connectivity index (χ0n) is 13.7. The Morgan fingerprint density at radius 3 is 2.50 bits per heavy atom. The lowest BCUT2D eigenvalue weighted by Gasteiger charge is -2.27. The smallest absolute Gasteiger partial charge is 0.319 e. The van der Waals surface area contributed by atoms with Gasteiger partial charge in [0.05, 0.1) is 12.9 Å². The maximum absolute atomic E-state index is 13.0. The number of carbonyl (C=O) groups is 2. The van der Waals surface area contributed by atoms with Crippen molar-refractivity contribution in [1.82, 2.24) is 9.55 Å². The Kier molecular flexibility index (Phi) is 5.77. The number of benzene rings is 1. The minimum absolute atomic E-state index is 0.207. The van der Waals surface area contributed by atoms with E-state index < -0.39 is 23.4 Å². The zero-order valence-corrected chi connectivity index (χ0v) is 15.3. The van der Waals surface area contributed by atoms with Crippen molar-refractivity contribution >= 4 is 27.7 Å². The van der Waals surface area contributed by atoms with E-state index in [0.29, 0.717) is 5.75 Å². The number of hydrogen-bond donors (Lipinski definition) is 0. The van der Waals surface area contributed by atoms with Crippen molar-refractivity contribution in [3.05, 3.63) is 47.5 Å². The number of halogens is 1. The van der Waals surface area contributed by atoms with Gasteiger partial charge in [-0.05, 0) is 45.0 Å². The Morgan fingerprint density at radius 2 is 1.96 bits per heavy atom. The number of esters is 1. The molecule has 0 bridgehead atoms. The number of hydrogen-bond acceptors (Lipinski definition) is 5. The molecule has 1 heterocycles. The number of imidazole rings is 1. The third-order valence-electron chi connectivity index (χ3n) is 3.48. The number of Topliss-reactive ketones (excluding diaryl/α,β-unsaturated/α-hetero) is 1. The fourth-order valence-corrected chi connectivity index (χ4v) is 2.29. The maximum Gasteiger partial charge on any atom is 0.319 e. The van der Waals surface area contributed by atoms with E-state index in [2.05, 4.69) is 20.9 Å². The molecular weight excluding hydrogens is 376 g/mol. The predicted molar refractivity (Wildman–Crippen MR) is 91.5 cm³/mol. The van der Waals surface area contributed by atoms with Crippen molar-refractivity contribution in [2.45, 2.75) is 27.0 Å². The number of rotatable bonds is 7. The Hall–Kier alpha value is -2.15. The molecule has 128 valence electrons. The number of nitrogens with zero attached hydrogens (tertiary/aromatic N) is 2. The lowest BCUT2D eigenvalue weighted by Crippen LogP contribution is -2.41. The van der Waals surface area contributed by atoms with Crippen molar-refractivity contribution < 1.29 is 19.1 Å². The van der Waals surface area contributed by atoms with E-state index in [1.807, 2.05) is 0 Å². The Bertz CT molecular complexity index is 696. The molecule has 0 aliphatic rings. The second-order valence-electron chi connectivity index (χ2n) is 5.64. The fraction of sp³-hybridized carbons (Fsp3) is 0.353. The maximum atomic E-state index is 13.0. The number of ketones is 1. The van der Waals surface area contributed by atoms with Crippen molar-refractivity contribution in [3.8, 4) is 5.75 Å². The molecule has 0 fully saturated rings. The molecule has 0 N–H and O–H groups in total. The zero-order chi connectivity index (χ0) is 17.7. The van der Waals surface area contributed by atoms with Crippen LogP contribution in [0, 0.1) is 5.41 Å². The SMILES string of the molecule is CCOC(=O)C(C)(C)C(=O)C(Oc1ccc(Br)cc1)n1ccnc1. The number of carbonyl (C=O) groups excluding carboxylic acids is 2. The molecular formula is C17H19BrN2O4. The summed E-state index contributed by atoms with van der Waals surface area (Å²) in [7, 11) is 0. The topological polar surface area (TPSA) is 70.4 Å². The number of aromatic nitrogens is 2. The van der Waals surface area contributed by atoms with Crippen LogP contribution in [0.25, 0.3) is 0 Å².